The van der Waals surface area contributed by atoms with Crippen LogP contribution >= 0.6 is 11.6 Å². The summed E-state index contributed by atoms with van der Waals surface area (Å²) in [6.07, 6.45) is 0. The molecule has 0 aromatic heterocycles. The van der Waals surface area contributed by atoms with Crippen LogP contribution in [0.25, 0.3) is 0 Å². The first-order valence-electron chi connectivity index (χ1n) is 5.68. The Bertz CT molecular complexity index is 573. The van der Waals surface area contributed by atoms with Gasteiger partial charge in [-0.15, -0.1) is 0 Å². The second-order valence-electron chi connectivity index (χ2n) is 4.07. The molecule has 0 spiro atoms. The number of anilines is 1. The maximum Gasteiger partial charge on any atom is 0.140 e. The molecule has 2 aromatic rings. The van der Waals surface area contributed by atoms with E-state index in [1.165, 1.54) is 0 Å². The molecule has 0 amide bonds. The van der Waals surface area contributed by atoms with Crippen LogP contribution in [0.5, 0.6) is 0 Å². The third-order valence-corrected chi connectivity index (χ3v) is 2.99. The zero-order valence-electron chi connectivity index (χ0n) is 10.0. The van der Waals surface area contributed by atoms with Gasteiger partial charge >= 0.3 is 0 Å². The second-order valence-corrected chi connectivity index (χ2v) is 4.51. The van der Waals surface area contributed by atoms with E-state index in [1.807, 2.05) is 49.4 Å². The summed E-state index contributed by atoms with van der Waals surface area (Å²) in [5.41, 5.74) is 2.89. The smallest absolute Gasteiger partial charge is 0.140 e. The normalized spacial score (nSPS) is 11.6. The van der Waals surface area contributed by atoms with E-state index in [1.54, 1.807) is 6.07 Å². The number of rotatable bonds is 3. The van der Waals surface area contributed by atoms with E-state index in [2.05, 4.69) is 11.4 Å². The molecule has 0 saturated carbocycles. The van der Waals surface area contributed by atoms with E-state index in [4.69, 9.17) is 11.6 Å². The SMILES string of the molecule is Cc1cc(Cl)ccc1C(C#N)Nc1ccccc1. The Morgan fingerprint density at radius 2 is 1.89 bits per heavy atom. The van der Waals surface area contributed by atoms with E-state index in [0.717, 1.165) is 16.8 Å². The molecule has 0 fully saturated rings. The average Bonchev–Trinajstić information content (AvgIpc) is 2.38. The summed E-state index contributed by atoms with van der Waals surface area (Å²) in [4.78, 5) is 0. The van der Waals surface area contributed by atoms with Crippen LogP contribution < -0.4 is 5.32 Å². The van der Waals surface area contributed by atoms with Crippen LogP contribution in [0.2, 0.25) is 5.02 Å². The second kappa shape index (κ2) is 5.57. The molecule has 1 unspecified atom stereocenters. The summed E-state index contributed by atoms with van der Waals surface area (Å²) in [6.45, 7) is 1.96. The number of hydrogen-bond acceptors (Lipinski definition) is 2. The molecular weight excluding hydrogens is 244 g/mol. The molecule has 2 aromatic carbocycles. The van der Waals surface area contributed by atoms with Gasteiger partial charge in [0, 0.05) is 10.7 Å². The molecule has 18 heavy (non-hydrogen) atoms. The highest BCUT2D eigenvalue weighted by Gasteiger charge is 2.12. The molecule has 2 nitrogen and oxygen atoms in total. The largest absolute Gasteiger partial charge is 0.366 e. The van der Waals surface area contributed by atoms with Gasteiger partial charge < -0.3 is 5.32 Å². The van der Waals surface area contributed by atoms with Crippen molar-refractivity contribution < 1.29 is 0 Å². The summed E-state index contributed by atoms with van der Waals surface area (Å²) >= 11 is 5.92. The van der Waals surface area contributed by atoms with Gasteiger partial charge in [-0.1, -0.05) is 35.9 Å². The highest BCUT2D eigenvalue weighted by molar-refractivity contribution is 6.30. The molecule has 0 aliphatic carbocycles. The first-order chi connectivity index (χ1) is 8.70. The lowest BCUT2D eigenvalue weighted by Gasteiger charge is -2.15. The van der Waals surface area contributed by atoms with Crippen LogP contribution in [0.15, 0.2) is 48.5 Å². The van der Waals surface area contributed by atoms with Crippen LogP contribution in [0.3, 0.4) is 0 Å². The minimum absolute atomic E-state index is 0.371. The van der Waals surface area contributed by atoms with Gasteiger partial charge in [0.05, 0.1) is 6.07 Å². The number of aryl methyl sites for hydroxylation is 1. The number of para-hydroxylation sites is 1. The molecule has 2 rings (SSSR count). The standard InChI is InChI=1S/C15H13ClN2/c1-11-9-12(16)7-8-14(11)15(10-17)18-13-5-3-2-4-6-13/h2-9,15,18H,1H3. The van der Waals surface area contributed by atoms with Crippen molar-refractivity contribution in [2.24, 2.45) is 0 Å². The minimum Gasteiger partial charge on any atom is -0.366 e. The van der Waals surface area contributed by atoms with Gasteiger partial charge in [-0.3, -0.25) is 0 Å². The highest BCUT2D eigenvalue weighted by Crippen LogP contribution is 2.24. The number of nitrogens with one attached hydrogen (secondary N) is 1. The Morgan fingerprint density at radius 3 is 2.50 bits per heavy atom. The van der Waals surface area contributed by atoms with Crippen molar-refractivity contribution in [3.63, 3.8) is 0 Å². The van der Waals surface area contributed by atoms with E-state index in [-0.39, 0.29) is 6.04 Å². The topological polar surface area (TPSA) is 35.8 Å². The minimum atomic E-state index is -0.371. The molecule has 1 N–H and O–H groups in total. The summed E-state index contributed by atoms with van der Waals surface area (Å²) in [5, 5.41) is 13.2. The van der Waals surface area contributed by atoms with E-state index in [0.29, 0.717) is 5.02 Å². The average molecular weight is 257 g/mol. The van der Waals surface area contributed by atoms with Gasteiger partial charge in [0.1, 0.15) is 6.04 Å². The van der Waals surface area contributed by atoms with Crippen molar-refractivity contribution in [3.8, 4) is 6.07 Å². The first-order valence-corrected chi connectivity index (χ1v) is 6.06. The fourth-order valence-corrected chi connectivity index (χ4v) is 2.07. The maximum atomic E-state index is 9.29. The molecular formula is C15H13ClN2. The number of nitriles is 1. The molecule has 1 atom stereocenters. The van der Waals surface area contributed by atoms with Gasteiger partial charge in [-0.2, -0.15) is 5.26 Å². The fourth-order valence-electron chi connectivity index (χ4n) is 1.84. The monoisotopic (exact) mass is 256 g/mol. The van der Waals surface area contributed by atoms with E-state index in [9.17, 15) is 5.26 Å². The first kappa shape index (κ1) is 12.5. The third kappa shape index (κ3) is 2.82. The van der Waals surface area contributed by atoms with Gasteiger partial charge in [0.25, 0.3) is 0 Å². The maximum absolute atomic E-state index is 9.29. The van der Waals surface area contributed by atoms with Crippen LogP contribution in [-0.2, 0) is 0 Å². The van der Waals surface area contributed by atoms with Crippen molar-refractivity contribution in [3.05, 3.63) is 64.7 Å². The summed E-state index contributed by atoms with van der Waals surface area (Å²) in [5.74, 6) is 0. The van der Waals surface area contributed by atoms with Gasteiger partial charge in [-0.05, 0) is 42.3 Å². The van der Waals surface area contributed by atoms with Gasteiger partial charge in [0.2, 0.25) is 0 Å². The molecule has 0 aliphatic heterocycles. The number of nitrogens with zero attached hydrogens (tertiary/aromatic N) is 1. The fraction of sp³-hybridized carbons (Fsp3) is 0.133. The predicted octanol–water partition coefficient (Wildman–Crippen LogP) is 4.33. The lowest BCUT2D eigenvalue weighted by Crippen LogP contribution is -2.09. The summed E-state index contributed by atoms with van der Waals surface area (Å²) in [7, 11) is 0. The van der Waals surface area contributed by atoms with Crippen molar-refractivity contribution in [1.29, 1.82) is 5.26 Å². The lowest BCUT2D eigenvalue weighted by molar-refractivity contribution is 0.982. The Balaban J connectivity index is 2.27. The number of benzene rings is 2. The Hall–Kier alpha value is -1.98. The summed E-state index contributed by atoms with van der Waals surface area (Å²) < 4.78 is 0. The Morgan fingerprint density at radius 1 is 1.17 bits per heavy atom. The molecule has 90 valence electrons. The molecule has 0 saturated heterocycles. The van der Waals surface area contributed by atoms with Crippen LogP contribution in [0.4, 0.5) is 5.69 Å². The van der Waals surface area contributed by atoms with Crippen molar-refractivity contribution in [2.75, 3.05) is 5.32 Å². The third-order valence-electron chi connectivity index (χ3n) is 2.76. The van der Waals surface area contributed by atoms with Crippen LogP contribution in [0.1, 0.15) is 17.2 Å². The zero-order chi connectivity index (χ0) is 13.0. The molecule has 0 radical (unpaired) electrons. The molecule has 0 aliphatic rings. The van der Waals surface area contributed by atoms with Crippen molar-refractivity contribution in [2.45, 2.75) is 13.0 Å². The van der Waals surface area contributed by atoms with Crippen LogP contribution in [0, 0.1) is 18.3 Å². The number of hydrogen-bond donors (Lipinski definition) is 1. The van der Waals surface area contributed by atoms with E-state index >= 15 is 0 Å². The van der Waals surface area contributed by atoms with Crippen LogP contribution in [-0.4, -0.2) is 0 Å². The quantitative estimate of drug-likeness (QED) is 0.887. The predicted molar refractivity (Wildman–Crippen MR) is 74.6 cm³/mol. The van der Waals surface area contributed by atoms with E-state index < -0.39 is 0 Å². The van der Waals surface area contributed by atoms with Gasteiger partial charge in [0.15, 0.2) is 0 Å². The lowest BCUT2D eigenvalue weighted by atomic mass is 10.0. The number of halogens is 1. The Labute approximate surface area is 112 Å². The molecule has 3 heteroatoms. The molecule has 0 bridgehead atoms. The van der Waals surface area contributed by atoms with Crippen molar-refractivity contribution >= 4 is 17.3 Å². The summed E-state index contributed by atoms with van der Waals surface area (Å²) in [6, 6.07) is 17.2. The zero-order valence-corrected chi connectivity index (χ0v) is 10.8. The molecule has 0 heterocycles. The highest BCUT2D eigenvalue weighted by atomic mass is 35.5. The van der Waals surface area contributed by atoms with Crippen molar-refractivity contribution in [1.82, 2.24) is 0 Å². The Kier molecular flexibility index (Phi) is 3.86. The van der Waals surface area contributed by atoms with Gasteiger partial charge in [-0.25, -0.2) is 0 Å².